The molecule has 9 heteroatoms. The van der Waals surface area contributed by atoms with Crippen LogP contribution in [0.4, 0.5) is 11.4 Å². The average Bonchev–Trinajstić information content (AvgIpc) is 2.67. The predicted octanol–water partition coefficient (Wildman–Crippen LogP) is -0.275. The lowest BCUT2D eigenvalue weighted by atomic mass is 10.2. The molecule has 0 saturated carbocycles. The van der Waals surface area contributed by atoms with Gasteiger partial charge in [0.25, 0.3) is 5.69 Å². The van der Waals surface area contributed by atoms with E-state index in [1.165, 1.54) is 24.3 Å². The molecule has 0 aliphatic carbocycles. The number of hydrogen-bond donors (Lipinski definition) is 4. The highest BCUT2D eigenvalue weighted by Crippen LogP contribution is 2.19. The molecule has 0 amide bonds. The van der Waals surface area contributed by atoms with Gasteiger partial charge in [-0.3, -0.25) is 10.1 Å². The van der Waals surface area contributed by atoms with Gasteiger partial charge in [0.05, 0.1) is 22.9 Å². The number of nitrogens with two attached hydrogens (primary N) is 2. The molecule has 0 bridgehead atoms. The molecular formula is C9H13N7O2. The molecular weight excluding hydrogens is 238 g/mol. The molecule has 96 valence electrons. The third-order valence-corrected chi connectivity index (χ3v) is 2.52. The SMILES string of the molecule is NC1NNC(N)C1N=Nc1ccc([N+](=O)[O-])cc1. The molecule has 2 rings (SSSR count). The molecule has 1 heterocycles. The summed E-state index contributed by atoms with van der Waals surface area (Å²) in [6.07, 6.45) is -0.830. The van der Waals surface area contributed by atoms with Crippen molar-refractivity contribution in [1.82, 2.24) is 10.9 Å². The van der Waals surface area contributed by atoms with Crippen LogP contribution < -0.4 is 22.3 Å². The van der Waals surface area contributed by atoms with Gasteiger partial charge in [-0.05, 0) is 12.1 Å². The van der Waals surface area contributed by atoms with Gasteiger partial charge >= 0.3 is 0 Å². The molecule has 1 saturated heterocycles. The fourth-order valence-corrected chi connectivity index (χ4v) is 1.50. The van der Waals surface area contributed by atoms with Crippen LogP contribution in [-0.2, 0) is 0 Å². The van der Waals surface area contributed by atoms with Crippen molar-refractivity contribution in [1.29, 1.82) is 0 Å². The minimum Gasteiger partial charge on any atom is -0.313 e. The van der Waals surface area contributed by atoms with Gasteiger partial charge in [0.2, 0.25) is 0 Å². The van der Waals surface area contributed by atoms with Gasteiger partial charge < -0.3 is 11.5 Å². The van der Waals surface area contributed by atoms with E-state index in [0.29, 0.717) is 5.69 Å². The molecule has 2 atom stereocenters. The van der Waals surface area contributed by atoms with E-state index in [4.69, 9.17) is 11.5 Å². The van der Waals surface area contributed by atoms with Gasteiger partial charge in [-0.25, -0.2) is 10.9 Å². The molecule has 1 fully saturated rings. The van der Waals surface area contributed by atoms with Crippen LogP contribution in [0.1, 0.15) is 0 Å². The Morgan fingerprint density at radius 2 is 1.72 bits per heavy atom. The van der Waals surface area contributed by atoms with Crippen molar-refractivity contribution >= 4 is 11.4 Å². The second kappa shape index (κ2) is 5.14. The van der Waals surface area contributed by atoms with E-state index in [0.717, 1.165) is 0 Å². The zero-order chi connectivity index (χ0) is 13.1. The maximum atomic E-state index is 10.5. The van der Waals surface area contributed by atoms with Crippen molar-refractivity contribution in [2.24, 2.45) is 21.7 Å². The van der Waals surface area contributed by atoms with Crippen LogP contribution in [0.3, 0.4) is 0 Å². The number of hydrazine groups is 1. The van der Waals surface area contributed by atoms with E-state index in [2.05, 4.69) is 21.1 Å². The smallest absolute Gasteiger partial charge is 0.269 e. The van der Waals surface area contributed by atoms with E-state index in [-0.39, 0.29) is 11.7 Å². The summed E-state index contributed by atoms with van der Waals surface area (Å²) in [5, 5.41) is 18.4. The third-order valence-electron chi connectivity index (χ3n) is 2.52. The Kier molecular flexibility index (Phi) is 3.58. The molecule has 1 aromatic carbocycles. The normalized spacial score (nSPS) is 27.8. The summed E-state index contributed by atoms with van der Waals surface area (Å²) in [7, 11) is 0. The summed E-state index contributed by atoms with van der Waals surface area (Å²) in [4.78, 5) is 9.99. The molecule has 0 aromatic heterocycles. The fourth-order valence-electron chi connectivity index (χ4n) is 1.50. The molecule has 0 radical (unpaired) electrons. The molecule has 9 nitrogen and oxygen atoms in total. The second-order valence-corrected chi connectivity index (χ2v) is 3.82. The number of benzene rings is 1. The molecule has 1 aliphatic rings. The lowest BCUT2D eigenvalue weighted by molar-refractivity contribution is -0.384. The number of nitrogens with zero attached hydrogens (tertiary/aromatic N) is 3. The monoisotopic (exact) mass is 251 g/mol. The van der Waals surface area contributed by atoms with Crippen LogP contribution >= 0.6 is 0 Å². The van der Waals surface area contributed by atoms with Crippen molar-refractivity contribution in [2.45, 2.75) is 18.4 Å². The topological polar surface area (TPSA) is 144 Å². The highest BCUT2D eigenvalue weighted by Gasteiger charge is 2.30. The Labute approximate surface area is 102 Å². The van der Waals surface area contributed by atoms with Gasteiger partial charge in [0, 0.05) is 12.1 Å². The second-order valence-electron chi connectivity index (χ2n) is 3.82. The highest BCUT2D eigenvalue weighted by atomic mass is 16.6. The first-order chi connectivity index (χ1) is 8.58. The first-order valence-corrected chi connectivity index (χ1v) is 5.25. The predicted molar refractivity (Wildman–Crippen MR) is 63.6 cm³/mol. The van der Waals surface area contributed by atoms with Gasteiger partial charge in [-0.2, -0.15) is 10.2 Å². The summed E-state index contributed by atoms with van der Waals surface area (Å²) in [6, 6.07) is 5.35. The van der Waals surface area contributed by atoms with E-state index < -0.39 is 17.3 Å². The zero-order valence-electron chi connectivity index (χ0n) is 9.35. The number of rotatable bonds is 3. The maximum Gasteiger partial charge on any atom is 0.269 e. The van der Waals surface area contributed by atoms with Crippen LogP contribution in [0.2, 0.25) is 0 Å². The molecule has 1 aliphatic heterocycles. The highest BCUT2D eigenvalue weighted by molar-refractivity contribution is 5.43. The van der Waals surface area contributed by atoms with E-state index in [9.17, 15) is 10.1 Å². The van der Waals surface area contributed by atoms with Crippen molar-refractivity contribution < 1.29 is 4.92 Å². The summed E-state index contributed by atoms with van der Waals surface area (Å²) < 4.78 is 0. The van der Waals surface area contributed by atoms with Crippen molar-refractivity contribution in [3.63, 3.8) is 0 Å². The fraction of sp³-hybridized carbons (Fsp3) is 0.333. The zero-order valence-corrected chi connectivity index (χ0v) is 9.35. The molecule has 2 unspecified atom stereocenters. The van der Waals surface area contributed by atoms with E-state index in [1.807, 2.05) is 0 Å². The Bertz CT molecular complexity index is 450. The first-order valence-electron chi connectivity index (χ1n) is 5.25. The van der Waals surface area contributed by atoms with E-state index >= 15 is 0 Å². The van der Waals surface area contributed by atoms with E-state index in [1.54, 1.807) is 0 Å². The molecule has 0 spiro atoms. The quantitative estimate of drug-likeness (QED) is 0.330. The van der Waals surface area contributed by atoms with Crippen LogP contribution in [0.25, 0.3) is 0 Å². The average molecular weight is 251 g/mol. The summed E-state index contributed by atoms with van der Waals surface area (Å²) in [5.74, 6) is 0. The summed E-state index contributed by atoms with van der Waals surface area (Å²) in [5.41, 5.74) is 17.4. The van der Waals surface area contributed by atoms with Gasteiger partial charge in [0.15, 0.2) is 0 Å². The molecule has 1 aromatic rings. The lowest BCUT2D eigenvalue weighted by Crippen LogP contribution is -2.41. The number of nitro groups is 1. The maximum absolute atomic E-state index is 10.5. The van der Waals surface area contributed by atoms with Gasteiger partial charge in [-0.1, -0.05) is 0 Å². The minimum atomic E-state index is -0.475. The number of nitrogens with one attached hydrogen (secondary N) is 2. The number of hydrogen-bond acceptors (Lipinski definition) is 8. The van der Waals surface area contributed by atoms with Crippen LogP contribution in [0.5, 0.6) is 0 Å². The standard InChI is InChI=1S/C9H13N7O2/c10-8-7(9(11)15-14-8)13-12-5-1-3-6(4-2-5)16(17)18/h1-4,7-9,14-15H,10-11H2. The minimum absolute atomic E-state index is 0.00607. The molecule has 6 N–H and O–H groups in total. The summed E-state index contributed by atoms with van der Waals surface area (Å²) in [6.45, 7) is 0. The lowest BCUT2D eigenvalue weighted by Gasteiger charge is -2.10. The van der Waals surface area contributed by atoms with Crippen molar-refractivity contribution in [3.05, 3.63) is 34.4 Å². The molecule has 18 heavy (non-hydrogen) atoms. The van der Waals surface area contributed by atoms with Gasteiger partial charge in [-0.15, -0.1) is 0 Å². The van der Waals surface area contributed by atoms with Crippen molar-refractivity contribution in [3.8, 4) is 0 Å². The number of azo groups is 1. The van der Waals surface area contributed by atoms with Crippen LogP contribution in [-0.4, -0.2) is 23.3 Å². The Hall–Kier alpha value is -1.94. The third kappa shape index (κ3) is 2.65. The first kappa shape index (κ1) is 12.5. The number of non-ortho nitro benzene ring substituents is 1. The van der Waals surface area contributed by atoms with Crippen LogP contribution in [0.15, 0.2) is 34.5 Å². The Balaban J connectivity index is 2.07. The van der Waals surface area contributed by atoms with Gasteiger partial charge in [0.1, 0.15) is 6.04 Å². The Morgan fingerprint density at radius 3 is 2.22 bits per heavy atom. The largest absolute Gasteiger partial charge is 0.313 e. The Morgan fingerprint density at radius 1 is 1.17 bits per heavy atom. The van der Waals surface area contributed by atoms with Crippen LogP contribution in [0, 0.1) is 10.1 Å². The van der Waals surface area contributed by atoms with Crippen molar-refractivity contribution in [2.75, 3.05) is 0 Å². The number of nitro benzene ring substituents is 1. The summed E-state index contributed by atoms with van der Waals surface area (Å²) >= 11 is 0.